The molecule has 0 aromatic heterocycles. The third-order valence-electron chi connectivity index (χ3n) is 1.21. The molecular formula is C9H16O2S. The zero-order valence-corrected chi connectivity index (χ0v) is 8.36. The Morgan fingerprint density at radius 1 is 1.67 bits per heavy atom. The van der Waals surface area contributed by atoms with Gasteiger partial charge in [-0.1, -0.05) is 6.08 Å². The average molecular weight is 188 g/mol. The molecule has 2 nitrogen and oxygen atoms in total. The molecule has 0 aliphatic heterocycles. The van der Waals surface area contributed by atoms with Crippen LogP contribution in [0, 0.1) is 0 Å². The van der Waals surface area contributed by atoms with Gasteiger partial charge < -0.3 is 4.74 Å². The number of thioether (sulfide) groups is 1. The van der Waals surface area contributed by atoms with Gasteiger partial charge in [-0.15, -0.1) is 6.58 Å². The summed E-state index contributed by atoms with van der Waals surface area (Å²) in [5.41, 5.74) is 0. The fraction of sp³-hybridized carbons (Fsp3) is 0.667. The molecule has 0 spiro atoms. The Labute approximate surface area is 78.4 Å². The SMILES string of the molecule is C=CCSCCCC(=O)OCC. The van der Waals surface area contributed by atoms with Crippen LogP contribution in [0.3, 0.4) is 0 Å². The molecule has 0 aromatic carbocycles. The molecule has 0 aliphatic rings. The molecule has 0 N–H and O–H groups in total. The van der Waals surface area contributed by atoms with Crippen LogP contribution in [0.4, 0.5) is 0 Å². The summed E-state index contributed by atoms with van der Waals surface area (Å²) in [6, 6.07) is 0. The van der Waals surface area contributed by atoms with Crippen molar-refractivity contribution in [1.82, 2.24) is 0 Å². The van der Waals surface area contributed by atoms with Gasteiger partial charge in [-0.2, -0.15) is 11.8 Å². The van der Waals surface area contributed by atoms with E-state index in [0.717, 1.165) is 17.9 Å². The smallest absolute Gasteiger partial charge is 0.305 e. The van der Waals surface area contributed by atoms with Crippen LogP contribution >= 0.6 is 11.8 Å². The van der Waals surface area contributed by atoms with E-state index in [1.807, 2.05) is 13.0 Å². The lowest BCUT2D eigenvalue weighted by Crippen LogP contribution is -2.03. The van der Waals surface area contributed by atoms with Gasteiger partial charge in [0.05, 0.1) is 6.61 Å². The van der Waals surface area contributed by atoms with E-state index in [9.17, 15) is 4.79 Å². The third kappa shape index (κ3) is 7.66. The van der Waals surface area contributed by atoms with Crippen LogP contribution in [-0.2, 0) is 9.53 Å². The lowest BCUT2D eigenvalue weighted by Gasteiger charge is -2.00. The van der Waals surface area contributed by atoms with E-state index in [1.54, 1.807) is 11.8 Å². The normalized spacial score (nSPS) is 9.42. The van der Waals surface area contributed by atoms with Crippen LogP contribution in [0.1, 0.15) is 19.8 Å². The van der Waals surface area contributed by atoms with Gasteiger partial charge in [0.25, 0.3) is 0 Å². The predicted octanol–water partition coefficient (Wildman–Crippen LogP) is 2.25. The van der Waals surface area contributed by atoms with Crippen molar-refractivity contribution in [3.05, 3.63) is 12.7 Å². The molecule has 0 heterocycles. The van der Waals surface area contributed by atoms with Crippen molar-refractivity contribution in [3.8, 4) is 0 Å². The molecular weight excluding hydrogens is 172 g/mol. The lowest BCUT2D eigenvalue weighted by atomic mass is 10.3. The van der Waals surface area contributed by atoms with E-state index in [-0.39, 0.29) is 5.97 Å². The number of esters is 1. The minimum Gasteiger partial charge on any atom is -0.466 e. The summed E-state index contributed by atoms with van der Waals surface area (Å²) in [6.45, 7) is 5.92. The van der Waals surface area contributed by atoms with Gasteiger partial charge in [0.1, 0.15) is 0 Å². The van der Waals surface area contributed by atoms with Crippen molar-refractivity contribution >= 4 is 17.7 Å². The van der Waals surface area contributed by atoms with E-state index in [1.165, 1.54) is 0 Å². The van der Waals surface area contributed by atoms with Gasteiger partial charge >= 0.3 is 5.97 Å². The Kier molecular flexibility index (Phi) is 8.34. The van der Waals surface area contributed by atoms with E-state index in [4.69, 9.17) is 4.74 Å². The number of hydrogen-bond donors (Lipinski definition) is 0. The Morgan fingerprint density at radius 2 is 2.42 bits per heavy atom. The van der Waals surface area contributed by atoms with Crippen LogP contribution in [-0.4, -0.2) is 24.1 Å². The van der Waals surface area contributed by atoms with Crippen LogP contribution in [0.5, 0.6) is 0 Å². The molecule has 12 heavy (non-hydrogen) atoms. The van der Waals surface area contributed by atoms with Gasteiger partial charge in [-0.25, -0.2) is 0 Å². The Balaban J connectivity index is 3.08. The topological polar surface area (TPSA) is 26.3 Å². The number of carbonyl (C=O) groups excluding carboxylic acids is 1. The molecule has 3 heteroatoms. The average Bonchev–Trinajstić information content (AvgIpc) is 2.05. The summed E-state index contributed by atoms with van der Waals surface area (Å²) < 4.78 is 4.78. The summed E-state index contributed by atoms with van der Waals surface area (Å²) in [5.74, 6) is 1.88. The second kappa shape index (κ2) is 8.65. The summed E-state index contributed by atoms with van der Waals surface area (Å²) in [7, 11) is 0. The second-order valence-corrected chi connectivity index (χ2v) is 3.42. The molecule has 0 aliphatic carbocycles. The molecule has 0 atom stereocenters. The maximum Gasteiger partial charge on any atom is 0.305 e. The van der Waals surface area contributed by atoms with E-state index in [0.29, 0.717) is 13.0 Å². The second-order valence-electron chi connectivity index (χ2n) is 2.27. The van der Waals surface area contributed by atoms with Crippen molar-refractivity contribution in [2.45, 2.75) is 19.8 Å². The van der Waals surface area contributed by atoms with Crippen molar-refractivity contribution < 1.29 is 9.53 Å². The van der Waals surface area contributed by atoms with Gasteiger partial charge in [-0.3, -0.25) is 4.79 Å². The van der Waals surface area contributed by atoms with Crippen LogP contribution in [0.2, 0.25) is 0 Å². The molecule has 0 radical (unpaired) electrons. The quantitative estimate of drug-likeness (QED) is 0.348. The van der Waals surface area contributed by atoms with Crippen LogP contribution < -0.4 is 0 Å². The molecule has 0 aromatic rings. The molecule has 0 amide bonds. The molecule has 0 unspecified atom stereocenters. The van der Waals surface area contributed by atoms with Crippen molar-refractivity contribution in [3.63, 3.8) is 0 Å². The largest absolute Gasteiger partial charge is 0.466 e. The highest BCUT2D eigenvalue weighted by Gasteiger charge is 1.99. The Hall–Kier alpha value is -0.440. The van der Waals surface area contributed by atoms with Gasteiger partial charge in [0.2, 0.25) is 0 Å². The van der Waals surface area contributed by atoms with Crippen molar-refractivity contribution in [2.75, 3.05) is 18.1 Å². The summed E-state index contributed by atoms with van der Waals surface area (Å²) in [5, 5.41) is 0. The highest BCUT2D eigenvalue weighted by atomic mass is 32.2. The van der Waals surface area contributed by atoms with Crippen molar-refractivity contribution in [2.24, 2.45) is 0 Å². The first-order valence-corrected chi connectivity index (χ1v) is 5.31. The first-order chi connectivity index (χ1) is 5.81. The van der Waals surface area contributed by atoms with Crippen LogP contribution in [0.25, 0.3) is 0 Å². The Bertz CT molecular complexity index is 134. The Morgan fingerprint density at radius 3 is 3.00 bits per heavy atom. The fourth-order valence-corrected chi connectivity index (χ4v) is 1.40. The van der Waals surface area contributed by atoms with E-state index >= 15 is 0 Å². The summed E-state index contributed by atoms with van der Waals surface area (Å²) >= 11 is 1.79. The zero-order valence-electron chi connectivity index (χ0n) is 7.54. The van der Waals surface area contributed by atoms with Crippen molar-refractivity contribution in [1.29, 1.82) is 0 Å². The monoisotopic (exact) mass is 188 g/mol. The van der Waals surface area contributed by atoms with Crippen LogP contribution in [0.15, 0.2) is 12.7 Å². The standard InChI is InChI=1S/C9H16O2S/c1-3-7-12-8-5-6-9(10)11-4-2/h3H,1,4-8H2,2H3. The molecule has 70 valence electrons. The number of carbonyl (C=O) groups is 1. The summed E-state index contributed by atoms with van der Waals surface area (Å²) in [4.78, 5) is 10.8. The summed E-state index contributed by atoms with van der Waals surface area (Å²) in [6.07, 6.45) is 3.31. The first kappa shape index (κ1) is 11.6. The number of ether oxygens (including phenoxy) is 1. The molecule has 0 fully saturated rings. The van der Waals surface area contributed by atoms with E-state index < -0.39 is 0 Å². The fourth-order valence-electron chi connectivity index (χ4n) is 0.718. The lowest BCUT2D eigenvalue weighted by molar-refractivity contribution is -0.143. The highest BCUT2D eigenvalue weighted by Crippen LogP contribution is 2.04. The minimum absolute atomic E-state index is 0.0864. The molecule has 0 saturated heterocycles. The number of hydrogen-bond acceptors (Lipinski definition) is 3. The van der Waals surface area contributed by atoms with Gasteiger partial charge in [0, 0.05) is 12.2 Å². The van der Waals surface area contributed by atoms with Gasteiger partial charge in [0.15, 0.2) is 0 Å². The molecule has 0 bridgehead atoms. The third-order valence-corrected chi connectivity index (χ3v) is 2.26. The maximum atomic E-state index is 10.8. The van der Waals surface area contributed by atoms with E-state index in [2.05, 4.69) is 6.58 Å². The predicted molar refractivity (Wildman–Crippen MR) is 53.4 cm³/mol. The van der Waals surface area contributed by atoms with Gasteiger partial charge in [-0.05, 0) is 19.1 Å². The first-order valence-electron chi connectivity index (χ1n) is 4.15. The molecule has 0 rings (SSSR count). The molecule has 0 saturated carbocycles. The zero-order chi connectivity index (χ0) is 9.23. The minimum atomic E-state index is -0.0864. The highest BCUT2D eigenvalue weighted by molar-refractivity contribution is 7.99. The maximum absolute atomic E-state index is 10.8. The number of rotatable bonds is 7.